The molecule has 7 heteroatoms. The summed E-state index contributed by atoms with van der Waals surface area (Å²) in [4.78, 5) is 36.2. The molecule has 1 aliphatic rings. The Morgan fingerprint density at radius 2 is 2.12 bits per heavy atom. The summed E-state index contributed by atoms with van der Waals surface area (Å²) in [7, 11) is 0. The number of carbonyl (C=O) groups is 3. The molecule has 0 saturated heterocycles. The van der Waals surface area contributed by atoms with Crippen LogP contribution in [-0.4, -0.2) is 29.4 Å². The van der Waals surface area contributed by atoms with Gasteiger partial charge in [0.15, 0.2) is 12.4 Å². The van der Waals surface area contributed by atoms with Crippen LogP contribution >= 0.6 is 0 Å². The Morgan fingerprint density at radius 1 is 1.36 bits per heavy atom. The van der Waals surface area contributed by atoms with Crippen LogP contribution in [0.1, 0.15) is 57.5 Å². The molecule has 1 aromatic carbocycles. The van der Waals surface area contributed by atoms with Gasteiger partial charge in [0.1, 0.15) is 11.3 Å². The number of Topliss-reactive ketones (excluding diaryl/α,β-unsaturated/α-hetero) is 1. The van der Waals surface area contributed by atoms with Gasteiger partial charge in [0.2, 0.25) is 5.91 Å². The fourth-order valence-corrected chi connectivity index (χ4v) is 2.80. The molecule has 2 aromatic rings. The predicted molar refractivity (Wildman–Crippen MR) is 88.7 cm³/mol. The quantitative estimate of drug-likeness (QED) is 0.662. The predicted octanol–water partition coefficient (Wildman–Crippen LogP) is 2.64. The van der Waals surface area contributed by atoms with Gasteiger partial charge in [-0.05, 0) is 44.0 Å². The van der Waals surface area contributed by atoms with Crippen LogP contribution in [0, 0.1) is 6.92 Å². The van der Waals surface area contributed by atoms with E-state index >= 15 is 0 Å². The number of nitrogens with zero attached hydrogens (tertiary/aromatic N) is 1. The second-order valence-electron chi connectivity index (χ2n) is 5.93. The normalized spacial score (nSPS) is 15.6. The second-order valence-corrected chi connectivity index (χ2v) is 5.93. The number of carbonyl (C=O) groups excluding carboxylic acids is 3. The van der Waals surface area contributed by atoms with Crippen molar-refractivity contribution in [2.75, 3.05) is 11.9 Å². The number of amides is 1. The molecule has 2 heterocycles. The Labute approximate surface area is 144 Å². The van der Waals surface area contributed by atoms with Crippen molar-refractivity contribution in [2.24, 2.45) is 0 Å². The summed E-state index contributed by atoms with van der Waals surface area (Å²) in [6.45, 7) is 4.86. The monoisotopic (exact) mass is 342 g/mol. The van der Waals surface area contributed by atoms with Crippen molar-refractivity contribution >= 4 is 23.3 Å². The van der Waals surface area contributed by atoms with Crippen molar-refractivity contribution in [3.8, 4) is 0 Å². The molecule has 0 unspecified atom stereocenters. The number of esters is 1. The van der Waals surface area contributed by atoms with Gasteiger partial charge in [0.25, 0.3) is 0 Å². The molecular formula is C18H18N2O5. The van der Waals surface area contributed by atoms with Gasteiger partial charge in [0.05, 0.1) is 11.6 Å². The fraction of sp³-hybridized carbons (Fsp3) is 0.333. The first-order chi connectivity index (χ1) is 11.9. The van der Waals surface area contributed by atoms with Gasteiger partial charge in [0, 0.05) is 11.3 Å². The summed E-state index contributed by atoms with van der Waals surface area (Å²) in [6.07, 6.45) is 0.527. The molecule has 0 radical (unpaired) electrons. The molecule has 3 rings (SSSR count). The van der Waals surface area contributed by atoms with Crippen LogP contribution < -0.4 is 5.32 Å². The summed E-state index contributed by atoms with van der Waals surface area (Å²) in [5.41, 5.74) is 2.65. The van der Waals surface area contributed by atoms with Crippen LogP contribution in [0.25, 0.3) is 0 Å². The van der Waals surface area contributed by atoms with E-state index in [1.165, 1.54) is 0 Å². The van der Waals surface area contributed by atoms with E-state index in [-0.39, 0.29) is 29.8 Å². The minimum atomic E-state index is -0.629. The van der Waals surface area contributed by atoms with E-state index in [4.69, 9.17) is 9.26 Å². The van der Waals surface area contributed by atoms with E-state index in [1.54, 1.807) is 32.0 Å². The van der Waals surface area contributed by atoms with Crippen molar-refractivity contribution in [1.82, 2.24) is 5.16 Å². The van der Waals surface area contributed by atoms with Crippen LogP contribution in [0.3, 0.4) is 0 Å². The van der Waals surface area contributed by atoms with Gasteiger partial charge in [-0.25, -0.2) is 4.79 Å². The Morgan fingerprint density at radius 3 is 2.84 bits per heavy atom. The largest absolute Gasteiger partial charge is 0.454 e. The van der Waals surface area contributed by atoms with Crippen molar-refractivity contribution in [3.63, 3.8) is 0 Å². The SMILES string of the molecule is CCc1noc(C)c1C(=O)OCC(=O)c1ccc2c(c1)[C@@H](C)C(=O)N2. The number of anilines is 1. The van der Waals surface area contributed by atoms with E-state index < -0.39 is 5.97 Å². The van der Waals surface area contributed by atoms with Gasteiger partial charge in [-0.3, -0.25) is 9.59 Å². The molecule has 1 aromatic heterocycles. The summed E-state index contributed by atoms with van der Waals surface area (Å²) < 4.78 is 10.1. The van der Waals surface area contributed by atoms with Crippen LogP contribution in [0.2, 0.25) is 0 Å². The van der Waals surface area contributed by atoms with E-state index in [0.29, 0.717) is 29.1 Å². The smallest absolute Gasteiger partial charge is 0.344 e. The summed E-state index contributed by atoms with van der Waals surface area (Å²) in [5, 5.41) is 6.54. The van der Waals surface area contributed by atoms with Crippen molar-refractivity contribution < 1.29 is 23.6 Å². The average Bonchev–Trinajstić information content (AvgIpc) is 3.12. The standard InChI is InChI=1S/C18H18N2O5/c1-4-13-16(10(3)25-20-13)18(23)24-8-15(21)11-5-6-14-12(7-11)9(2)17(22)19-14/h5-7,9H,4,8H2,1-3H3,(H,19,22)/t9-/m1/s1. The highest BCUT2D eigenvalue weighted by atomic mass is 16.5. The molecule has 0 bridgehead atoms. The first kappa shape index (κ1) is 16.9. The molecule has 130 valence electrons. The minimum Gasteiger partial charge on any atom is -0.454 e. The zero-order valence-electron chi connectivity index (χ0n) is 14.2. The average molecular weight is 342 g/mol. The minimum absolute atomic E-state index is 0.0962. The highest BCUT2D eigenvalue weighted by Crippen LogP contribution is 2.32. The number of hydrogen-bond acceptors (Lipinski definition) is 6. The maximum Gasteiger partial charge on any atom is 0.344 e. The third-order valence-electron chi connectivity index (χ3n) is 4.30. The lowest BCUT2D eigenvalue weighted by Gasteiger charge is -2.07. The number of ether oxygens (including phenoxy) is 1. The van der Waals surface area contributed by atoms with E-state index in [0.717, 1.165) is 5.56 Å². The zero-order valence-corrected chi connectivity index (χ0v) is 14.2. The Hall–Kier alpha value is -2.96. The second kappa shape index (κ2) is 6.51. The van der Waals surface area contributed by atoms with Gasteiger partial charge >= 0.3 is 5.97 Å². The lowest BCUT2D eigenvalue weighted by atomic mass is 9.99. The molecule has 7 nitrogen and oxygen atoms in total. The number of benzene rings is 1. The van der Waals surface area contributed by atoms with Crippen LogP contribution in [0.5, 0.6) is 0 Å². The van der Waals surface area contributed by atoms with Crippen molar-refractivity contribution in [3.05, 3.63) is 46.3 Å². The van der Waals surface area contributed by atoms with Gasteiger partial charge in [-0.1, -0.05) is 12.1 Å². The molecule has 1 atom stereocenters. The van der Waals surface area contributed by atoms with E-state index in [9.17, 15) is 14.4 Å². The third kappa shape index (κ3) is 3.05. The first-order valence-electron chi connectivity index (χ1n) is 8.02. The highest BCUT2D eigenvalue weighted by molar-refractivity contribution is 6.05. The molecule has 1 amide bonds. The van der Waals surface area contributed by atoms with Crippen LogP contribution in [0.4, 0.5) is 5.69 Å². The molecular weight excluding hydrogens is 324 g/mol. The first-order valence-corrected chi connectivity index (χ1v) is 8.02. The highest BCUT2D eigenvalue weighted by Gasteiger charge is 2.27. The van der Waals surface area contributed by atoms with E-state index in [1.807, 2.05) is 6.92 Å². The number of aromatic nitrogens is 1. The molecule has 25 heavy (non-hydrogen) atoms. The van der Waals surface area contributed by atoms with Crippen molar-refractivity contribution in [1.29, 1.82) is 0 Å². The maximum absolute atomic E-state index is 12.3. The number of aryl methyl sites for hydroxylation is 2. The summed E-state index contributed by atoms with van der Waals surface area (Å²) in [5.74, 6) is -1.01. The lowest BCUT2D eigenvalue weighted by molar-refractivity contribution is -0.116. The number of ketones is 1. The number of rotatable bonds is 5. The molecule has 0 fully saturated rings. The third-order valence-corrected chi connectivity index (χ3v) is 4.30. The molecule has 0 aliphatic carbocycles. The number of hydrogen-bond donors (Lipinski definition) is 1. The Bertz CT molecular complexity index is 868. The van der Waals surface area contributed by atoms with Crippen LogP contribution in [0.15, 0.2) is 22.7 Å². The Balaban J connectivity index is 1.70. The van der Waals surface area contributed by atoms with Crippen molar-refractivity contribution in [2.45, 2.75) is 33.1 Å². The number of nitrogens with one attached hydrogen (secondary N) is 1. The van der Waals surface area contributed by atoms with E-state index in [2.05, 4.69) is 10.5 Å². The topological polar surface area (TPSA) is 98.5 Å². The Kier molecular flexibility index (Phi) is 4.39. The van der Waals surface area contributed by atoms with Gasteiger partial charge < -0.3 is 14.6 Å². The zero-order chi connectivity index (χ0) is 18.1. The van der Waals surface area contributed by atoms with Gasteiger partial charge in [-0.2, -0.15) is 0 Å². The fourth-order valence-electron chi connectivity index (χ4n) is 2.80. The van der Waals surface area contributed by atoms with Crippen LogP contribution in [-0.2, 0) is 16.0 Å². The molecule has 0 saturated carbocycles. The molecule has 1 aliphatic heterocycles. The lowest BCUT2D eigenvalue weighted by Crippen LogP contribution is -2.16. The molecule has 1 N–H and O–H groups in total. The van der Waals surface area contributed by atoms with Gasteiger partial charge in [-0.15, -0.1) is 0 Å². The summed E-state index contributed by atoms with van der Waals surface area (Å²) in [6, 6.07) is 4.96. The number of fused-ring (bicyclic) bond motifs is 1. The molecule has 0 spiro atoms. The summed E-state index contributed by atoms with van der Waals surface area (Å²) >= 11 is 0. The maximum atomic E-state index is 12.3.